The molecule has 1 atom stereocenters. The number of nitrogens with one attached hydrogen (secondary N) is 2. The molecule has 2 rings (SSSR count). The first kappa shape index (κ1) is 12.7. The van der Waals surface area contributed by atoms with Crippen LogP contribution in [0.1, 0.15) is 5.56 Å². The zero-order chi connectivity index (χ0) is 12.8. The van der Waals surface area contributed by atoms with Gasteiger partial charge >= 0.3 is 6.03 Å². The summed E-state index contributed by atoms with van der Waals surface area (Å²) in [6, 6.07) is 7.73. The lowest BCUT2D eigenvalue weighted by Crippen LogP contribution is -2.47. The molecule has 0 spiro atoms. The number of rotatable bonds is 4. The summed E-state index contributed by atoms with van der Waals surface area (Å²) in [6.07, 6.45) is 0.799. The Morgan fingerprint density at radius 1 is 1.50 bits per heavy atom. The van der Waals surface area contributed by atoms with Gasteiger partial charge in [-0.15, -0.1) is 0 Å². The fourth-order valence-electron chi connectivity index (χ4n) is 1.92. The van der Waals surface area contributed by atoms with E-state index in [9.17, 15) is 4.79 Å². The summed E-state index contributed by atoms with van der Waals surface area (Å²) in [6.45, 7) is 1.53. The van der Waals surface area contributed by atoms with E-state index in [-0.39, 0.29) is 12.1 Å². The van der Waals surface area contributed by atoms with Crippen LogP contribution in [0.2, 0.25) is 0 Å². The third kappa shape index (κ3) is 3.37. The van der Waals surface area contributed by atoms with Crippen molar-refractivity contribution in [3.63, 3.8) is 0 Å². The Labute approximate surface area is 106 Å². The van der Waals surface area contributed by atoms with Crippen molar-refractivity contribution in [3.8, 4) is 5.75 Å². The normalized spacial score (nSPS) is 17.5. The fraction of sp³-hybridized carbons (Fsp3) is 0.462. The molecule has 1 unspecified atom stereocenters. The summed E-state index contributed by atoms with van der Waals surface area (Å²) in [5.41, 5.74) is 1.13. The molecular formula is C13H18N2O3. The quantitative estimate of drug-likeness (QED) is 0.782. The molecule has 98 valence electrons. The Balaban J connectivity index is 1.80. The van der Waals surface area contributed by atoms with Crippen molar-refractivity contribution in [1.82, 2.24) is 10.6 Å². The number of fused-ring (bicyclic) bond motifs is 1. The minimum Gasteiger partial charge on any atom is -0.491 e. The first-order chi connectivity index (χ1) is 8.79. The second kappa shape index (κ2) is 6.26. The summed E-state index contributed by atoms with van der Waals surface area (Å²) in [5.74, 6) is 0.912. The van der Waals surface area contributed by atoms with Gasteiger partial charge in [0, 0.05) is 13.7 Å². The van der Waals surface area contributed by atoms with E-state index in [1.54, 1.807) is 7.11 Å². The van der Waals surface area contributed by atoms with Gasteiger partial charge in [-0.3, -0.25) is 0 Å². The van der Waals surface area contributed by atoms with Gasteiger partial charge in [-0.25, -0.2) is 4.79 Å². The first-order valence-corrected chi connectivity index (χ1v) is 6.03. The monoisotopic (exact) mass is 250 g/mol. The van der Waals surface area contributed by atoms with Crippen LogP contribution >= 0.6 is 0 Å². The SMILES string of the molecule is COCCNC(=O)NC1COc2ccccc2C1. The number of ether oxygens (including phenoxy) is 2. The van der Waals surface area contributed by atoms with Crippen LogP contribution in [0.5, 0.6) is 5.75 Å². The molecule has 0 aromatic heterocycles. The van der Waals surface area contributed by atoms with Crippen LogP contribution in [0.3, 0.4) is 0 Å². The average molecular weight is 250 g/mol. The van der Waals surface area contributed by atoms with Gasteiger partial charge in [-0.05, 0) is 18.1 Å². The predicted molar refractivity (Wildman–Crippen MR) is 67.8 cm³/mol. The van der Waals surface area contributed by atoms with Gasteiger partial charge in [0.1, 0.15) is 12.4 Å². The Bertz CT molecular complexity index is 409. The number of carbonyl (C=O) groups is 1. The molecule has 2 amide bonds. The molecule has 0 radical (unpaired) electrons. The van der Waals surface area contributed by atoms with Crippen molar-refractivity contribution < 1.29 is 14.3 Å². The van der Waals surface area contributed by atoms with Crippen molar-refractivity contribution in [2.75, 3.05) is 26.9 Å². The Morgan fingerprint density at radius 2 is 2.33 bits per heavy atom. The largest absolute Gasteiger partial charge is 0.491 e. The molecule has 0 aliphatic carbocycles. The van der Waals surface area contributed by atoms with Gasteiger partial charge in [0.15, 0.2) is 0 Å². The molecule has 1 aliphatic heterocycles. The van der Waals surface area contributed by atoms with E-state index in [0.717, 1.165) is 17.7 Å². The highest BCUT2D eigenvalue weighted by atomic mass is 16.5. The van der Waals surface area contributed by atoms with Gasteiger partial charge in [0.2, 0.25) is 0 Å². The number of benzene rings is 1. The lowest BCUT2D eigenvalue weighted by atomic mass is 10.0. The number of hydrogen-bond donors (Lipinski definition) is 2. The summed E-state index contributed by atoms with van der Waals surface area (Å²) >= 11 is 0. The molecule has 1 aliphatic rings. The molecule has 0 saturated heterocycles. The van der Waals surface area contributed by atoms with Crippen LogP contribution in [-0.2, 0) is 11.2 Å². The lowest BCUT2D eigenvalue weighted by Gasteiger charge is -2.26. The minimum atomic E-state index is -0.181. The highest BCUT2D eigenvalue weighted by Gasteiger charge is 2.20. The maximum absolute atomic E-state index is 11.6. The number of methoxy groups -OCH3 is 1. The topological polar surface area (TPSA) is 59.6 Å². The number of urea groups is 1. The van der Waals surface area contributed by atoms with Crippen molar-refractivity contribution >= 4 is 6.03 Å². The number of para-hydroxylation sites is 1. The fourth-order valence-corrected chi connectivity index (χ4v) is 1.92. The molecule has 1 aromatic carbocycles. The summed E-state index contributed by atoms with van der Waals surface area (Å²) < 4.78 is 10.5. The summed E-state index contributed by atoms with van der Waals surface area (Å²) in [5, 5.41) is 5.61. The van der Waals surface area contributed by atoms with Crippen LogP contribution in [-0.4, -0.2) is 38.9 Å². The summed E-state index contributed by atoms with van der Waals surface area (Å²) in [7, 11) is 1.60. The average Bonchev–Trinajstić information content (AvgIpc) is 2.39. The number of carbonyl (C=O) groups excluding carboxylic acids is 1. The number of hydrogen-bond acceptors (Lipinski definition) is 3. The molecular weight excluding hydrogens is 232 g/mol. The molecule has 1 heterocycles. The molecule has 18 heavy (non-hydrogen) atoms. The molecule has 0 saturated carbocycles. The van der Waals surface area contributed by atoms with Crippen LogP contribution in [0.15, 0.2) is 24.3 Å². The second-order valence-electron chi connectivity index (χ2n) is 4.21. The standard InChI is InChI=1S/C13H18N2O3/c1-17-7-6-14-13(16)15-11-8-10-4-2-3-5-12(10)18-9-11/h2-5,11H,6-9H2,1H3,(H2,14,15,16). The highest BCUT2D eigenvalue weighted by Crippen LogP contribution is 2.23. The van der Waals surface area contributed by atoms with Crippen LogP contribution in [0.25, 0.3) is 0 Å². The van der Waals surface area contributed by atoms with Gasteiger partial charge in [-0.1, -0.05) is 18.2 Å². The van der Waals surface area contributed by atoms with Crippen LogP contribution < -0.4 is 15.4 Å². The van der Waals surface area contributed by atoms with Crippen LogP contribution in [0, 0.1) is 0 Å². The Morgan fingerprint density at radius 3 is 3.17 bits per heavy atom. The number of amides is 2. The van der Waals surface area contributed by atoms with E-state index in [4.69, 9.17) is 9.47 Å². The van der Waals surface area contributed by atoms with Crippen LogP contribution in [0.4, 0.5) is 4.79 Å². The van der Waals surface area contributed by atoms with Gasteiger partial charge < -0.3 is 20.1 Å². The van der Waals surface area contributed by atoms with E-state index in [1.807, 2.05) is 24.3 Å². The third-order valence-electron chi connectivity index (χ3n) is 2.81. The minimum absolute atomic E-state index is 0.0162. The van der Waals surface area contributed by atoms with E-state index < -0.39 is 0 Å². The van der Waals surface area contributed by atoms with E-state index >= 15 is 0 Å². The Kier molecular flexibility index (Phi) is 4.41. The maximum Gasteiger partial charge on any atom is 0.315 e. The van der Waals surface area contributed by atoms with Gasteiger partial charge in [-0.2, -0.15) is 0 Å². The van der Waals surface area contributed by atoms with E-state index in [1.165, 1.54) is 0 Å². The molecule has 2 N–H and O–H groups in total. The predicted octanol–water partition coefficient (Wildman–Crippen LogP) is 0.936. The molecule has 0 bridgehead atoms. The molecule has 1 aromatic rings. The maximum atomic E-state index is 11.6. The van der Waals surface area contributed by atoms with Crippen molar-refractivity contribution in [2.45, 2.75) is 12.5 Å². The van der Waals surface area contributed by atoms with Crippen molar-refractivity contribution in [2.24, 2.45) is 0 Å². The molecule has 5 heteroatoms. The highest BCUT2D eigenvalue weighted by molar-refractivity contribution is 5.74. The zero-order valence-corrected chi connectivity index (χ0v) is 10.4. The smallest absolute Gasteiger partial charge is 0.315 e. The lowest BCUT2D eigenvalue weighted by molar-refractivity contribution is 0.191. The van der Waals surface area contributed by atoms with Crippen molar-refractivity contribution in [1.29, 1.82) is 0 Å². The van der Waals surface area contributed by atoms with Gasteiger partial charge in [0.25, 0.3) is 0 Å². The molecule has 5 nitrogen and oxygen atoms in total. The van der Waals surface area contributed by atoms with Crippen molar-refractivity contribution in [3.05, 3.63) is 29.8 Å². The van der Waals surface area contributed by atoms with E-state index in [2.05, 4.69) is 10.6 Å². The second-order valence-corrected chi connectivity index (χ2v) is 4.21. The van der Waals surface area contributed by atoms with E-state index in [0.29, 0.717) is 19.8 Å². The first-order valence-electron chi connectivity index (χ1n) is 6.03. The van der Waals surface area contributed by atoms with Gasteiger partial charge in [0.05, 0.1) is 12.6 Å². The Hall–Kier alpha value is -1.75. The molecule has 0 fully saturated rings. The zero-order valence-electron chi connectivity index (χ0n) is 10.4. The summed E-state index contributed by atoms with van der Waals surface area (Å²) in [4.78, 5) is 11.6. The third-order valence-corrected chi connectivity index (χ3v) is 2.81.